The Kier molecular flexibility index (Phi) is 7.27. The van der Waals surface area contributed by atoms with Crippen molar-refractivity contribution in [1.29, 1.82) is 0 Å². The Balaban J connectivity index is 1.60. The Morgan fingerprint density at radius 3 is 2.68 bits per heavy atom. The van der Waals surface area contributed by atoms with Crippen molar-refractivity contribution in [3.8, 4) is 5.75 Å². The molecule has 2 N–H and O–H groups in total. The van der Waals surface area contributed by atoms with E-state index in [1.165, 1.54) is 0 Å². The average Bonchev–Trinajstić information content (AvgIpc) is 3.22. The highest BCUT2D eigenvalue weighted by molar-refractivity contribution is 14.1. The van der Waals surface area contributed by atoms with Crippen LogP contribution < -0.4 is 15.4 Å². The number of rotatable bonds is 7. The first-order chi connectivity index (χ1) is 13.5. The second kappa shape index (κ2) is 9.88. The lowest BCUT2D eigenvalue weighted by Gasteiger charge is -2.17. The first kappa shape index (κ1) is 20.6. The molecule has 0 saturated carbocycles. The van der Waals surface area contributed by atoms with E-state index in [4.69, 9.17) is 9.47 Å². The summed E-state index contributed by atoms with van der Waals surface area (Å²) in [4.78, 5) is 25.1. The van der Waals surface area contributed by atoms with Crippen LogP contribution in [-0.2, 0) is 9.53 Å². The van der Waals surface area contributed by atoms with Crippen LogP contribution in [0.3, 0.4) is 0 Å². The smallest absolute Gasteiger partial charge is 0.265 e. The molecule has 0 bridgehead atoms. The summed E-state index contributed by atoms with van der Waals surface area (Å²) >= 11 is 2.21. The molecule has 2 amide bonds. The summed E-state index contributed by atoms with van der Waals surface area (Å²) in [5.41, 5.74) is 0.866. The Bertz CT molecular complexity index is 819. The normalized spacial score (nSPS) is 17.0. The third kappa shape index (κ3) is 5.68. The lowest BCUT2D eigenvalue weighted by atomic mass is 10.1. The van der Waals surface area contributed by atoms with Gasteiger partial charge in [-0.15, -0.1) is 0 Å². The number of anilines is 1. The molecule has 6 nitrogen and oxygen atoms in total. The van der Waals surface area contributed by atoms with Gasteiger partial charge in [0.15, 0.2) is 6.10 Å². The van der Waals surface area contributed by atoms with E-state index >= 15 is 0 Å². The van der Waals surface area contributed by atoms with Gasteiger partial charge in [-0.25, -0.2) is 0 Å². The van der Waals surface area contributed by atoms with Crippen LogP contribution in [0.4, 0.5) is 5.69 Å². The molecule has 1 aliphatic heterocycles. The van der Waals surface area contributed by atoms with E-state index in [2.05, 4.69) is 33.2 Å². The number of hydrogen-bond donors (Lipinski definition) is 2. The van der Waals surface area contributed by atoms with Crippen molar-refractivity contribution in [3.05, 3.63) is 57.7 Å². The summed E-state index contributed by atoms with van der Waals surface area (Å²) in [6.45, 7) is 2.88. The molecule has 3 rings (SSSR count). The molecule has 1 heterocycles. The molecule has 0 spiro atoms. The summed E-state index contributed by atoms with van der Waals surface area (Å²) in [7, 11) is 0. The zero-order valence-corrected chi connectivity index (χ0v) is 17.8. The standard InChI is InChI=1S/C21H23IN2O4/c1-14(28-16-10-8-15(22)9-11-16)20(25)24-19-7-3-2-6-18(19)21(26)23-13-17-5-4-12-27-17/h2-3,6-11,14,17H,4-5,12-13H2,1H3,(H,23,26)(H,24,25). The first-order valence-corrected chi connectivity index (χ1v) is 10.3. The quantitative estimate of drug-likeness (QED) is 0.577. The summed E-state index contributed by atoms with van der Waals surface area (Å²) in [5.74, 6) is 0.0567. The number of benzene rings is 2. The molecule has 28 heavy (non-hydrogen) atoms. The molecular formula is C21H23IN2O4. The lowest BCUT2D eigenvalue weighted by molar-refractivity contribution is -0.122. The Labute approximate surface area is 178 Å². The first-order valence-electron chi connectivity index (χ1n) is 9.25. The maximum atomic E-state index is 12.5. The third-order valence-electron chi connectivity index (χ3n) is 4.44. The van der Waals surface area contributed by atoms with E-state index in [0.29, 0.717) is 23.5 Å². The van der Waals surface area contributed by atoms with Gasteiger partial charge in [-0.1, -0.05) is 12.1 Å². The van der Waals surface area contributed by atoms with Crippen LogP contribution in [0.15, 0.2) is 48.5 Å². The van der Waals surface area contributed by atoms with Crippen molar-refractivity contribution in [1.82, 2.24) is 5.32 Å². The number of amides is 2. The molecule has 1 saturated heterocycles. The number of hydrogen-bond acceptors (Lipinski definition) is 4. The number of para-hydroxylation sites is 1. The fourth-order valence-corrected chi connectivity index (χ4v) is 3.26. The summed E-state index contributed by atoms with van der Waals surface area (Å²) in [6, 6.07) is 14.4. The lowest BCUT2D eigenvalue weighted by Crippen LogP contribution is -2.34. The zero-order chi connectivity index (χ0) is 19.9. The van der Waals surface area contributed by atoms with Crippen LogP contribution in [0.5, 0.6) is 5.75 Å². The van der Waals surface area contributed by atoms with Gasteiger partial charge in [0, 0.05) is 16.7 Å². The second-order valence-corrected chi connectivity index (χ2v) is 7.84. The van der Waals surface area contributed by atoms with E-state index in [1.807, 2.05) is 24.3 Å². The van der Waals surface area contributed by atoms with E-state index in [9.17, 15) is 9.59 Å². The predicted molar refractivity (Wildman–Crippen MR) is 116 cm³/mol. The van der Waals surface area contributed by atoms with Crippen LogP contribution in [0.2, 0.25) is 0 Å². The van der Waals surface area contributed by atoms with E-state index in [1.54, 1.807) is 31.2 Å². The SMILES string of the molecule is CC(Oc1ccc(I)cc1)C(=O)Nc1ccccc1C(=O)NCC1CCCO1. The van der Waals surface area contributed by atoms with Gasteiger partial charge < -0.3 is 20.1 Å². The predicted octanol–water partition coefficient (Wildman–Crippen LogP) is 3.61. The van der Waals surface area contributed by atoms with Crippen LogP contribution >= 0.6 is 22.6 Å². The molecule has 0 aromatic heterocycles. The highest BCUT2D eigenvalue weighted by Crippen LogP contribution is 2.18. The number of carbonyl (C=O) groups is 2. The topological polar surface area (TPSA) is 76.7 Å². The Hall–Kier alpha value is -2.13. The second-order valence-electron chi connectivity index (χ2n) is 6.59. The van der Waals surface area contributed by atoms with Crippen molar-refractivity contribution in [2.24, 2.45) is 0 Å². The molecule has 2 unspecified atom stereocenters. The van der Waals surface area contributed by atoms with Gasteiger partial charge in [0.1, 0.15) is 5.75 Å². The monoisotopic (exact) mass is 494 g/mol. The highest BCUT2D eigenvalue weighted by Gasteiger charge is 2.20. The molecule has 2 aromatic rings. The summed E-state index contributed by atoms with van der Waals surface area (Å²) < 4.78 is 12.3. The van der Waals surface area contributed by atoms with Gasteiger partial charge in [0.05, 0.1) is 17.4 Å². The number of carbonyl (C=O) groups excluding carboxylic acids is 2. The zero-order valence-electron chi connectivity index (χ0n) is 15.6. The van der Waals surface area contributed by atoms with E-state index in [-0.39, 0.29) is 17.9 Å². The number of ether oxygens (including phenoxy) is 2. The average molecular weight is 494 g/mol. The molecular weight excluding hydrogens is 471 g/mol. The summed E-state index contributed by atoms with van der Waals surface area (Å²) in [6.07, 6.45) is 1.33. The number of nitrogens with one attached hydrogen (secondary N) is 2. The van der Waals surface area contributed by atoms with Crippen LogP contribution in [-0.4, -0.2) is 37.2 Å². The minimum atomic E-state index is -0.705. The van der Waals surface area contributed by atoms with Crippen molar-refractivity contribution in [3.63, 3.8) is 0 Å². The van der Waals surface area contributed by atoms with E-state index in [0.717, 1.165) is 23.0 Å². The minimum absolute atomic E-state index is 0.0630. The van der Waals surface area contributed by atoms with Gasteiger partial charge >= 0.3 is 0 Å². The summed E-state index contributed by atoms with van der Waals surface area (Å²) in [5, 5.41) is 5.67. The molecule has 148 valence electrons. The fourth-order valence-electron chi connectivity index (χ4n) is 2.90. The maximum absolute atomic E-state index is 12.5. The molecule has 0 radical (unpaired) electrons. The molecule has 2 aromatic carbocycles. The maximum Gasteiger partial charge on any atom is 0.265 e. The van der Waals surface area contributed by atoms with Gasteiger partial charge in [-0.05, 0) is 78.8 Å². The minimum Gasteiger partial charge on any atom is -0.481 e. The van der Waals surface area contributed by atoms with Crippen molar-refractivity contribution < 1.29 is 19.1 Å². The molecule has 1 fully saturated rings. The van der Waals surface area contributed by atoms with Crippen molar-refractivity contribution in [2.75, 3.05) is 18.5 Å². The van der Waals surface area contributed by atoms with Crippen LogP contribution in [0.25, 0.3) is 0 Å². The van der Waals surface area contributed by atoms with Gasteiger partial charge in [-0.2, -0.15) is 0 Å². The highest BCUT2D eigenvalue weighted by atomic mass is 127. The van der Waals surface area contributed by atoms with Crippen molar-refractivity contribution >= 4 is 40.1 Å². The Morgan fingerprint density at radius 1 is 1.21 bits per heavy atom. The third-order valence-corrected chi connectivity index (χ3v) is 5.16. The van der Waals surface area contributed by atoms with E-state index < -0.39 is 6.10 Å². The van der Waals surface area contributed by atoms with Crippen LogP contribution in [0.1, 0.15) is 30.1 Å². The number of halogens is 1. The van der Waals surface area contributed by atoms with Gasteiger partial charge in [0.2, 0.25) is 0 Å². The van der Waals surface area contributed by atoms with Gasteiger partial charge in [0.25, 0.3) is 11.8 Å². The largest absolute Gasteiger partial charge is 0.481 e. The molecule has 1 aliphatic rings. The van der Waals surface area contributed by atoms with Crippen LogP contribution in [0, 0.1) is 3.57 Å². The Morgan fingerprint density at radius 2 is 1.96 bits per heavy atom. The van der Waals surface area contributed by atoms with Gasteiger partial charge in [-0.3, -0.25) is 9.59 Å². The molecule has 2 atom stereocenters. The molecule has 7 heteroatoms. The molecule has 0 aliphatic carbocycles. The van der Waals surface area contributed by atoms with Crippen molar-refractivity contribution in [2.45, 2.75) is 32.0 Å². The fraction of sp³-hybridized carbons (Fsp3) is 0.333.